The van der Waals surface area contributed by atoms with Crippen molar-refractivity contribution in [3.8, 4) is 5.75 Å². The van der Waals surface area contributed by atoms with Crippen LogP contribution in [0.25, 0.3) is 0 Å². The lowest BCUT2D eigenvalue weighted by Crippen LogP contribution is -2.53. The van der Waals surface area contributed by atoms with Crippen LogP contribution in [0.1, 0.15) is 59.9 Å². The fourth-order valence-electron chi connectivity index (χ4n) is 5.26. The maximum absolute atomic E-state index is 13.9. The second kappa shape index (κ2) is 13.8. The Morgan fingerprint density at radius 2 is 1.64 bits per heavy atom. The van der Waals surface area contributed by atoms with E-state index in [1.54, 1.807) is 4.90 Å². The van der Waals surface area contributed by atoms with Crippen LogP contribution in [-0.4, -0.2) is 35.4 Å². The van der Waals surface area contributed by atoms with Crippen LogP contribution in [0, 0.1) is 20.8 Å². The van der Waals surface area contributed by atoms with Gasteiger partial charge in [0.1, 0.15) is 11.8 Å². The molecule has 1 aliphatic rings. The molecule has 5 nitrogen and oxygen atoms in total. The first kappa shape index (κ1) is 28.9. The first-order valence-corrected chi connectivity index (χ1v) is 14.7. The first-order valence-electron chi connectivity index (χ1n) is 13.9. The van der Waals surface area contributed by atoms with Gasteiger partial charge in [0.2, 0.25) is 5.91 Å². The molecule has 0 heterocycles. The Kier molecular flexibility index (Phi) is 10.2. The summed E-state index contributed by atoms with van der Waals surface area (Å²) in [6, 6.07) is 21.4. The minimum absolute atomic E-state index is 0.0983. The van der Waals surface area contributed by atoms with Crippen LogP contribution in [0.15, 0.2) is 71.2 Å². The smallest absolute Gasteiger partial charge is 0.261 e. The van der Waals surface area contributed by atoms with Gasteiger partial charge in [-0.25, -0.2) is 0 Å². The molecule has 0 bridgehead atoms. The van der Waals surface area contributed by atoms with Gasteiger partial charge in [-0.2, -0.15) is 0 Å². The molecule has 1 saturated carbocycles. The highest BCUT2D eigenvalue weighted by atomic mass is 79.9. The van der Waals surface area contributed by atoms with Gasteiger partial charge in [0.15, 0.2) is 6.61 Å². The quantitative estimate of drug-likeness (QED) is 0.281. The third-order valence-electron chi connectivity index (χ3n) is 7.60. The number of ether oxygens (including phenoxy) is 1. The summed E-state index contributed by atoms with van der Waals surface area (Å²) in [6.45, 7) is 6.25. The van der Waals surface area contributed by atoms with Gasteiger partial charge in [-0.3, -0.25) is 9.59 Å². The molecule has 6 heteroatoms. The molecular formula is C33H39BrN2O3. The van der Waals surface area contributed by atoms with Crippen molar-refractivity contribution in [3.63, 3.8) is 0 Å². The fourth-order valence-corrected chi connectivity index (χ4v) is 5.52. The lowest BCUT2D eigenvalue weighted by atomic mass is 9.94. The summed E-state index contributed by atoms with van der Waals surface area (Å²) in [5, 5.41) is 3.29. The SMILES string of the molecule is Cc1cc(C)c(C)c(OCC(=O)N(Cc2ccc(Br)cc2)[C@@H](Cc2ccccc2)C(=O)NC2CCCCC2)c1. The van der Waals surface area contributed by atoms with Crippen molar-refractivity contribution in [1.29, 1.82) is 0 Å². The Labute approximate surface area is 241 Å². The third-order valence-corrected chi connectivity index (χ3v) is 8.13. The molecule has 0 unspecified atom stereocenters. The lowest BCUT2D eigenvalue weighted by molar-refractivity contribution is -0.143. The van der Waals surface area contributed by atoms with Gasteiger partial charge in [0.05, 0.1) is 0 Å². The van der Waals surface area contributed by atoms with Crippen LogP contribution in [-0.2, 0) is 22.6 Å². The topological polar surface area (TPSA) is 58.6 Å². The van der Waals surface area contributed by atoms with Gasteiger partial charge in [0, 0.05) is 23.5 Å². The molecule has 3 aromatic rings. The summed E-state index contributed by atoms with van der Waals surface area (Å²) < 4.78 is 7.06. The molecule has 1 aliphatic carbocycles. The molecule has 0 aliphatic heterocycles. The number of benzene rings is 3. The van der Waals surface area contributed by atoms with Gasteiger partial charge >= 0.3 is 0 Å². The molecule has 1 atom stereocenters. The van der Waals surface area contributed by atoms with Gasteiger partial charge in [-0.1, -0.05) is 83.7 Å². The van der Waals surface area contributed by atoms with Crippen molar-refractivity contribution in [3.05, 3.63) is 99.0 Å². The molecule has 39 heavy (non-hydrogen) atoms. The number of rotatable bonds is 10. The van der Waals surface area contributed by atoms with Gasteiger partial charge in [0.25, 0.3) is 5.91 Å². The Hall–Kier alpha value is -3.12. The van der Waals surface area contributed by atoms with E-state index in [0.29, 0.717) is 18.7 Å². The maximum atomic E-state index is 13.9. The Bertz CT molecular complexity index is 1250. The normalized spacial score (nSPS) is 14.5. The molecule has 1 fully saturated rings. The second-order valence-corrected chi connectivity index (χ2v) is 11.6. The number of carbonyl (C=O) groups excluding carboxylic acids is 2. The predicted octanol–water partition coefficient (Wildman–Crippen LogP) is 6.84. The summed E-state index contributed by atoms with van der Waals surface area (Å²) >= 11 is 3.50. The highest BCUT2D eigenvalue weighted by Crippen LogP contribution is 2.24. The minimum Gasteiger partial charge on any atom is -0.483 e. The van der Waals surface area contributed by atoms with Crippen molar-refractivity contribution >= 4 is 27.7 Å². The lowest BCUT2D eigenvalue weighted by Gasteiger charge is -2.33. The van der Waals surface area contributed by atoms with Crippen LogP contribution in [0.2, 0.25) is 0 Å². The number of hydrogen-bond donors (Lipinski definition) is 1. The molecule has 2 amide bonds. The number of carbonyl (C=O) groups is 2. The minimum atomic E-state index is -0.658. The summed E-state index contributed by atoms with van der Waals surface area (Å²) in [7, 11) is 0. The molecule has 1 N–H and O–H groups in total. The summed E-state index contributed by atoms with van der Waals surface area (Å²) in [5.41, 5.74) is 5.20. The van der Waals surface area contributed by atoms with Crippen LogP contribution in [0.3, 0.4) is 0 Å². The number of aryl methyl sites for hydroxylation is 2. The highest BCUT2D eigenvalue weighted by molar-refractivity contribution is 9.10. The number of nitrogens with zero attached hydrogens (tertiary/aromatic N) is 1. The zero-order valence-corrected chi connectivity index (χ0v) is 24.8. The average Bonchev–Trinajstić information content (AvgIpc) is 2.93. The van der Waals surface area contributed by atoms with Gasteiger partial charge in [-0.15, -0.1) is 0 Å². The van der Waals surface area contributed by atoms with Crippen molar-refractivity contribution < 1.29 is 14.3 Å². The van der Waals surface area contributed by atoms with E-state index < -0.39 is 6.04 Å². The Morgan fingerprint density at radius 3 is 2.33 bits per heavy atom. The fraction of sp³-hybridized carbons (Fsp3) is 0.394. The number of hydrogen-bond acceptors (Lipinski definition) is 3. The van der Waals surface area contributed by atoms with Crippen molar-refractivity contribution in [2.75, 3.05) is 6.61 Å². The molecule has 206 valence electrons. The molecule has 3 aromatic carbocycles. The molecular weight excluding hydrogens is 552 g/mol. The van der Waals surface area contributed by atoms with Gasteiger partial charge < -0.3 is 15.0 Å². The third kappa shape index (κ3) is 8.18. The number of nitrogens with one attached hydrogen (secondary N) is 1. The number of halogens is 1. The zero-order chi connectivity index (χ0) is 27.8. The maximum Gasteiger partial charge on any atom is 0.261 e. The molecule has 4 rings (SSSR count). The van der Waals surface area contributed by atoms with E-state index in [1.807, 2.05) is 81.4 Å². The molecule has 0 radical (unpaired) electrons. The summed E-state index contributed by atoms with van der Waals surface area (Å²) in [5.74, 6) is 0.394. The van der Waals surface area contributed by atoms with Crippen molar-refractivity contribution in [2.24, 2.45) is 0 Å². The van der Waals surface area contributed by atoms with Crippen molar-refractivity contribution in [2.45, 2.75) is 77.9 Å². The average molecular weight is 592 g/mol. The monoisotopic (exact) mass is 590 g/mol. The molecule has 0 spiro atoms. The summed E-state index contributed by atoms with van der Waals surface area (Å²) in [6.07, 6.45) is 5.87. The predicted molar refractivity (Wildman–Crippen MR) is 160 cm³/mol. The molecule has 0 saturated heterocycles. The number of amides is 2. The standard InChI is InChI=1S/C33H39BrN2O3/c1-23-18-24(2)25(3)31(19-23)39-22-32(37)36(21-27-14-16-28(34)17-15-27)30(20-26-10-6-4-7-11-26)33(38)35-29-12-8-5-9-13-29/h4,6-7,10-11,14-19,29-30H,5,8-9,12-13,20-22H2,1-3H3,(H,35,38)/t30-/m0/s1. The Balaban J connectivity index is 1.63. The Morgan fingerprint density at radius 1 is 0.949 bits per heavy atom. The van der Waals surface area contributed by atoms with E-state index in [4.69, 9.17) is 4.74 Å². The highest BCUT2D eigenvalue weighted by Gasteiger charge is 2.32. The van der Waals surface area contributed by atoms with Gasteiger partial charge in [-0.05, 0) is 79.6 Å². The van der Waals surface area contributed by atoms with E-state index in [0.717, 1.165) is 58.0 Å². The van der Waals surface area contributed by atoms with E-state index in [-0.39, 0.29) is 24.5 Å². The van der Waals surface area contributed by atoms with E-state index >= 15 is 0 Å². The van der Waals surface area contributed by atoms with Crippen LogP contribution in [0.5, 0.6) is 5.75 Å². The van der Waals surface area contributed by atoms with Crippen molar-refractivity contribution in [1.82, 2.24) is 10.2 Å². The van der Waals surface area contributed by atoms with E-state index in [1.165, 1.54) is 6.42 Å². The molecule has 0 aromatic heterocycles. The van der Waals surface area contributed by atoms with Crippen LogP contribution >= 0.6 is 15.9 Å². The zero-order valence-electron chi connectivity index (χ0n) is 23.2. The second-order valence-electron chi connectivity index (χ2n) is 10.7. The van der Waals surface area contributed by atoms with Crippen LogP contribution < -0.4 is 10.1 Å². The van der Waals surface area contributed by atoms with E-state index in [2.05, 4.69) is 27.3 Å². The first-order chi connectivity index (χ1) is 18.8. The summed E-state index contributed by atoms with van der Waals surface area (Å²) in [4.78, 5) is 29.5. The largest absolute Gasteiger partial charge is 0.483 e. The van der Waals surface area contributed by atoms with Crippen LogP contribution in [0.4, 0.5) is 0 Å². The van der Waals surface area contributed by atoms with E-state index in [9.17, 15) is 9.59 Å².